The topological polar surface area (TPSA) is 52.9 Å². The number of hydrogen-bond donors (Lipinski definition) is 1. The molecular formula is C7H12N2OS. The minimum atomic E-state index is -0.945. The Balaban J connectivity index is 2.25. The monoisotopic (exact) mass is 172 g/mol. The Morgan fingerprint density at radius 2 is 2.45 bits per heavy atom. The molecule has 1 aliphatic rings. The molecule has 0 aliphatic carbocycles. The van der Waals surface area contributed by atoms with Crippen molar-refractivity contribution in [2.45, 2.75) is 12.2 Å². The molecule has 1 fully saturated rings. The lowest BCUT2D eigenvalue weighted by atomic mass is 10.1. The molecule has 2 unspecified atom stereocenters. The summed E-state index contributed by atoms with van der Waals surface area (Å²) >= 11 is 0. The van der Waals surface area contributed by atoms with Crippen LogP contribution < -0.4 is 5.32 Å². The van der Waals surface area contributed by atoms with Crippen LogP contribution in [0.3, 0.4) is 0 Å². The average molecular weight is 172 g/mol. The third kappa shape index (κ3) is 2.28. The highest BCUT2D eigenvalue weighted by Crippen LogP contribution is 2.07. The Morgan fingerprint density at radius 3 is 2.82 bits per heavy atom. The highest BCUT2D eigenvalue weighted by atomic mass is 32.2. The summed E-state index contributed by atoms with van der Waals surface area (Å²) in [7, 11) is -0.945. The third-order valence-electron chi connectivity index (χ3n) is 1.84. The Morgan fingerprint density at radius 1 is 1.82 bits per heavy atom. The molecule has 0 aromatic rings. The van der Waals surface area contributed by atoms with Gasteiger partial charge in [-0.3, -0.25) is 4.21 Å². The maximum Gasteiger partial charge on any atom is 0.119 e. The van der Waals surface area contributed by atoms with Gasteiger partial charge in [0.05, 0.1) is 6.07 Å². The fourth-order valence-corrected chi connectivity index (χ4v) is 2.01. The first kappa shape index (κ1) is 8.69. The molecule has 1 saturated heterocycles. The Kier molecular flexibility index (Phi) is 3.03. The second-order valence-corrected chi connectivity index (χ2v) is 4.64. The zero-order valence-electron chi connectivity index (χ0n) is 6.54. The number of nitriles is 1. The fourth-order valence-electron chi connectivity index (χ4n) is 0.902. The highest BCUT2D eigenvalue weighted by Gasteiger charge is 2.21. The molecule has 0 spiro atoms. The molecule has 0 bridgehead atoms. The van der Waals surface area contributed by atoms with Crippen molar-refractivity contribution in [1.82, 2.24) is 5.32 Å². The lowest BCUT2D eigenvalue weighted by Crippen LogP contribution is -2.45. The molecule has 2 atom stereocenters. The van der Waals surface area contributed by atoms with Gasteiger partial charge in [0.25, 0.3) is 0 Å². The van der Waals surface area contributed by atoms with E-state index in [1.807, 2.05) is 6.07 Å². The van der Waals surface area contributed by atoms with Gasteiger partial charge in [0.2, 0.25) is 0 Å². The highest BCUT2D eigenvalue weighted by molar-refractivity contribution is 7.85. The van der Waals surface area contributed by atoms with Crippen LogP contribution in [0, 0.1) is 17.2 Å². The van der Waals surface area contributed by atoms with E-state index in [0.29, 0.717) is 11.7 Å². The maximum atomic E-state index is 11.2. The lowest BCUT2D eigenvalue weighted by Gasteiger charge is -2.26. The van der Waals surface area contributed by atoms with Crippen LogP contribution in [-0.2, 0) is 10.8 Å². The molecule has 0 radical (unpaired) electrons. The van der Waals surface area contributed by atoms with Crippen molar-refractivity contribution < 1.29 is 4.21 Å². The zero-order chi connectivity index (χ0) is 8.27. The van der Waals surface area contributed by atoms with Gasteiger partial charge >= 0.3 is 0 Å². The summed E-state index contributed by atoms with van der Waals surface area (Å²) < 4.78 is 11.2. The van der Waals surface area contributed by atoms with Gasteiger partial charge in [-0.15, -0.1) is 0 Å². The molecule has 62 valence electrons. The van der Waals surface area contributed by atoms with Crippen molar-refractivity contribution in [2.24, 2.45) is 5.92 Å². The number of rotatable bonds is 3. The van der Waals surface area contributed by atoms with Crippen LogP contribution in [0.25, 0.3) is 0 Å². The van der Waals surface area contributed by atoms with E-state index in [1.54, 1.807) is 6.92 Å². The molecule has 0 amide bonds. The molecule has 0 aromatic carbocycles. The van der Waals surface area contributed by atoms with Gasteiger partial charge in [-0.05, 0) is 12.8 Å². The molecule has 3 nitrogen and oxygen atoms in total. The Hall–Kier alpha value is -0.400. The van der Waals surface area contributed by atoms with E-state index in [-0.39, 0.29) is 5.25 Å². The van der Waals surface area contributed by atoms with Crippen molar-refractivity contribution >= 4 is 10.8 Å². The number of nitrogens with zero attached hydrogens (tertiary/aromatic N) is 1. The fraction of sp³-hybridized carbons (Fsp3) is 0.857. The maximum absolute atomic E-state index is 11.2. The van der Waals surface area contributed by atoms with Gasteiger partial charge in [-0.1, -0.05) is 0 Å². The number of hydrogen-bond acceptors (Lipinski definition) is 3. The van der Waals surface area contributed by atoms with Gasteiger partial charge in [-0.25, -0.2) is 0 Å². The summed E-state index contributed by atoms with van der Waals surface area (Å²) in [6.07, 6.45) is 0. The molecule has 0 aromatic heterocycles. The van der Waals surface area contributed by atoms with Crippen molar-refractivity contribution in [3.05, 3.63) is 0 Å². The molecule has 1 heterocycles. The standard InChI is InChI=1S/C7H12N2OS/c1-6(2-8)11(10)5-7-3-9-4-7/h6-7,9H,3-5H2,1H3. The van der Waals surface area contributed by atoms with Gasteiger partial charge in [0, 0.05) is 29.6 Å². The lowest BCUT2D eigenvalue weighted by molar-refractivity contribution is 0.382. The summed E-state index contributed by atoms with van der Waals surface area (Å²) in [5, 5.41) is 11.2. The summed E-state index contributed by atoms with van der Waals surface area (Å²) in [6, 6.07) is 2.00. The van der Waals surface area contributed by atoms with Crippen LogP contribution >= 0.6 is 0 Å². The van der Waals surface area contributed by atoms with Crippen LogP contribution in [0.1, 0.15) is 6.92 Å². The van der Waals surface area contributed by atoms with E-state index in [9.17, 15) is 4.21 Å². The molecule has 1 rings (SSSR count). The first-order valence-electron chi connectivity index (χ1n) is 3.71. The normalized spacial score (nSPS) is 23.3. The van der Waals surface area contributed by atoms with Gasteiger partial charge in [0.1, 0.15) is 5.25 Å². The second-order valence-electron chi connectivity index (χ2n) is 2.84. The smallest absolute Gasteiger partial charge is 0.119 e. The van der Waals surface area contributed by atoms with Crippen LogP contribution in [0.5, 0.6) is 0 Å². The van der Waals surface area contributed by atoms with E-state index in [1.165, 1.54) is 0 Å². The van der Waals surface area contributed by atoms with Crippen LogP contribution in [0.4, 0.5) is 0 Å². The molecule has 11 heavy (non-hydrogen) atoms. The van der Waals surface area contributed by atoms with Crippen molar-refractivity contribution in [2.75, 3.05) is 18.8 Å². The first-order valence-corrected chi connectivity index (χ1v) is 5.09. The number of nitrogens with one attached hydrogen (secondary N) is 1. The van der Waals surface area contributed by atoms with E-state index in [0.717, 1.165) is 13.1 Å². The second kappa shape index (κ2) is 3.84. The third-order valence-corrected chi connectivity index (χ3v) is 3.54. The Bertz CT molecular complexity index is 195. The molecule has 4 heteroatoms. The minimum absolute atomic E-state index is 0.310. The molecular weight excluding hydrogens is 160 g/mol. The summed E-state index contributed by atoms with van der Waals surface area (Å²) in [6.45, 7) is 3.63. The molecule has 0 saturated carbocycles. The van der Waals surface area contributed by atoms with E-state index in [2.05, 4.69) is 5.32 Å². The summed E-state index contributed by atoms with van der Waals surface area (Å²) in [4.78, 5) is 0. The van der Waals surface area contributed by atoms with Crippen LogP contribution in [-0.4, -0.2) is 28.3 Å². The summed E-state index contributed by atoms with van der Waals surface area (Å²) in [5.41, 5.74) is 0. The van der Waals surface area contributed by atoms with E-state index in [4.69, 9.17) is 5.26 Å². The average Bonchev–Trinajstić information content (AvgIpc) is 1.94. The van der Waals surface area contributed by atoms with E-state index < -0.39 is 10.8 Å². The predicted molar refractivity (Wildman–Crippen MR) is 44.4 cm³/mol. The van der Waals surface area contributed by atoms with E-state index >= 15 is 0 Å². The van der Waals surface area contributed by atoms with Gasteiger partial charge < -0.3 is 5.32 Å². The molecule has 1 aliphatic heterocycles. The van der Waals surface area contributed by atoms with Crippen LogP contribution in [0.2, 0.25) is 0 Å². The van der Waals surface area contributed by atoms with Gasteiger partial charge in [0.15, 0.2) is 0 Å². The molecule has 1 N–H and O–H groups in total. The van der Waals surface area contributed by atoms with Gasteiger partial charge in [-0.2, -0.15) is 5.26 Å². The van der Waals surface area contributed by atoms with Crippen molar-refractivity contribution in [1.29, 1.82) is 5.26 Å². The van der Waals surface area contributed by atoms with Crippen molar-refractivity contribution in [3.63, 3.8) is 0 Å². The van der Waals surface area contributed by atoms with Crippen molar-refractivity contribution in [3.8, 4) is 6.07 Å². The zero-order valence-corrected chi connectivity index (χ0v) is 7.36. The predicted octanol–water partition coefficient (Wildman–Crippen LogP) is -0.133. The minimum Gasteiger partial charge on any atom is -0.316 e. The largest absolute Gasteiger partial charge is 0.316 e. The quantitative estimate of drug-likeness (QED) is 0.645. The SMILES string of the molecule is CC(C#N)S(=O)CC1CNC1. The summed E-state index contributed by atoms with van der Waals surface area (Å²) in [5.74, 6) is 1.22. The Labute approximate surface area is 69.2 Å². The van der Waals surface area contributed by atoms with Crippen LogP contribution in [0.15, 0.2) is 0 Å². The first-order chi connectivity index (χ1) is 5.24.